The number of nitrogens with one attached hydrogen (secondary N) is 3. The molecular formula is C23H32N4O2S. The molecule has 0 bridgehead atoms. The molecule has 2 aromatic rings. The lowest BCUT2D eigenvalue weighted by Gasteiger charge is -2.14. The molecule has 1 amide bonds. The van der Waals surface area contributed by atoms with Crippen LogP contribution in [0.2, 0.25) is 0 Å². The Balaban J connectivity index is 1.69. The minimum atomic E-state index is -0.185. The van der Waals surface area contributed by atoms with Crippen LogP contribution in [0.25, 0.3) is 0 Å². The van der Waals surface area contributed by atoms with Crippen LogP contribution < -0.4 is 20.7 Å². The fraction of sp³-hybridized carbons (Fsp3) is 0.478. The molecule has 1 fully saturated rings. The lowest BCUT2D eigenvalue weighted by Crippen LogP contribution is -2.24. The Hall–Kier alpha value is -2.22. The van der Waals surface area contributed by atoms with Gasteiger partial charge in [-0.3, -0.25) is 10.1 Å². The van der Waals surface area contributed by atoms with Crippen molar-refractivity contribution in [1.29, 1.82) is 0 Å². The zero-order valence-electron chi connectivity index (χ0n) is 18.1. The second kappa shape index (κ2) is 10.2. The molecule has 30 heavy (non-hydrogen) atoms. The van der Waals surface area contributed by atoms with Crippen LogP contribution in [0.1, 0.15) is 48.8 Å². The maximum Gasteiger partial charge on any atom is 0.257 e. The molecule has 1 aromatic carbocycles. The van der Waals surface area contributed by atoms with Crippen LogP contribution in [0.15, 0.2) is 36.2 Å². The molecule has 1 aliphatic rings. The SMILES string of the molecule is C=CCOc1cc(CNCC2CCNC2)cc(C(=O)Nc2nc(C(C)(C)C)cs2)c1. The summed E-state index contributed by atoms with van der Waals surface area (Å²) in [6, 6.07) is 5.65. The summed E-state index contributed by atoms with van der Waals surface area (Å²) in [4.78, 5) is 17.4. The van der Waals surface area contributed by atoms with E-state index in [4.69, 9.17) is 4.74 Å². The summed E-state index contributed by atoms with van der Waals surface area (Å²) in [6.07, 6.45) is 2.90. The van der Waals surface area contributed by atoms with Gasteiger partial charge in [0.05, 0.1) is 5.69 Å². The van der Waals surface area contributed by atoms with E-state index >= 15 is 0 Å². The molecule has 162 valence electrons. The van der Waals surface area contributed by atoms with Gasteiger partial charge in [0.15, 0.2) is 5.13 Å². The van der Waals surface area contributed by atoms with Gasteiger partial charge in [0.25, 0.3) is 5.91 Å². The molecule has 1 unspecified atom stereocenters. The van der Waals surface area contributed by atoms with Gasteiger partial charge in [0, 0.05) is 22.9 Å². The minimum absolute atomic E-state index is 0.0500. The molecule has 2 heterocycles. The fourth-order valence-corrected chi connectivity index (χ4v) is 4.22. The highest BCUT2D eigenvalue weighted by molar-refractivity contribution is 7.14. The average molecular weight is 429 g/mol. The summed E-state index contributed by atoms with van der Waals surface area (Å²) >= 11 is 1.44. The normalized spacial score (nSPS) is 16.4. The van der Waals surface area contributed by atoms with Crippen molar-refractivity contribution in [3.8, 4) is 5.75 Å². The van der Waals surface area contributed by atoms with Crippen molar-refractivity contribution >= 4 is 22.4 Å². The fourth-order valence-electron chi connectivity index (χ4n) is 3.29. The molecular weight excluding hydrogens is 396 g/mol. The van der Waals surface area contributed by atoms with Crippen molar-refractivity contribution in [2.75, 3.05) is 31.6 Å². The number of carbonyl (C=O) groups is 1. The smallest absolute Gasteiger partial charge is 0.257 e. The summed E-state index contributed by atoms with van der Waals surface area (Å²) in [7, 11) is 0. The van der Waals surface area contributed by atoms with E-state index in [9.17, 15) is 4.79 Å². The number of amides is 1. The van der Waals surface area contributed by atoms with Crippen molar-refractivity contribution in [2.24, 2.45) is 5.92 Å². The van der Waals surface area contributed by atoms with Gasteiger partial charge in [-0.2, -0.15) is 0 Å². The molecule has 1 aromatic heterocycles. The molecule has 0 spiro atoms. The number of hydrogen-bond donors (Lipinski definition) is 3. The monoisotopic (exact) mass is 428 g/mol. The predicted molar refractivity (Wildman–Crippen MR) is 124 cm³/mol. The van der Waals surface area contributed by atoms with E-state index in [0.29, 0.717) is 35.5 Å². The van der Waals surface area contributed by atoms with Crippen LogP contribution in [0.5, 0.6) is 5.75 Å². The number of anilines is 1. The second-order valence-corrected chi connectivity index (χ2v) is 9.56. The summed E-state index contributed by atoms with van der Waals surface area (Å²) < 4.78 is 5.72. The topological polar surface area (TPSA) is 75.3 Å². The molecule has 1 saturated heterocycles. The van der Waals surface area contributed by atoms with E-state index in [1.165, 1.54) is 17.8 Å². The Bertz CT molecular complexity index is 866. The molecule has 0 saturated carbocycles. The second-order valence-electron chi connectivity index (χ2n) is 8.70. The Labute approximate surface area is 183 Å². The van der Waals surface area contributed by atoms with Gasteiger partial charge < -0.3 is 15.4 Å². The number of hydrogen-bond acceptors (Lipinski definition) is 6. The Morgan fingerprint density at radius 3 is 2.90 bits per heavy atom. The van der Waals surface area contributed by atoms with Crippen LogP contribution in [0, 0.1) is 5.92 Å². The molecule has 6 nitrogen and oxygen atoms in total. The Kier molecular flexibility index (Phi) is 7.64. The van der Waals surface area contributed by atoms with E-state index in [-0.39, 0.29) is 11.3 Å². The van der Waals surface area contributed by atoms with Crippen LogP contribution in [0.4, 0.5) is 5.13 Å². The number of aromatic nitrogens is 1. The van der Waals surface area contributed by atoms with Crippen LogP contribution in [0.3, 0.4) is 0 Å². The molecule has 1 atom stereocenters. The lowest BCUT2D eigenvalue weighted by atomic mass is 9.93. The Morgan fingerprint density at radius 2 is 2.23 bits per heavy atom. The zero-order chi connectivity index (χ0) is 21.6. The van der Waals surface area contributed by atoms with Gasteiger partial charge in [-0.05, 0) is 55.7 Å². The van der Waals surface area contributed by atoms with Gasteiger partial charge in [-0.25, -0.2) is 4.98 Å². The molecule has 3 N–H and O–H groups in total. The molecule has 7 heteroatoms. The van der Waals surface area contributed by atoms with Crippen molar-refractivity contribution in [1.82, 2.24) is 15.6 Å². The summed E-state index contributed by atoms with van der Waals surface area (Å²) in [5.41, 5.74) is 2.49. The number of ether oxygens (including phenoxy) is 1. The first-order valence-corrected chi connectivity index (χ1v) is 11.3. The number of benzene rings is 1. The first kappa shape index (κ1) is 22.5. The highest BCUT2D eigenvalue weighted by atomic mass is 32.1. The zero-order valence-corrected chi connectivity index (χ0v) is 18.9. The third-order valence-corrected chi connectivity index (χ3v) is 5.77. The third-order valence-electron chi connectivity index (χ3n) is 5.01. The van der Waals surface area contributed by atoms with Crippen molar-refractivity contribution < 1.29 is 9.53 Å². The third kappa shape index (κ3) is 6.39. The van der Waals surface area contributed by atoms with Crippen LogP contribution >= 0.6 is 11.3 Å². The predicted octanol–water partition coefficient (Wildman–Crippen LogP) is 3.96. The standard InChI is InChI=1S/C23H32N4O2S/c1-5-8-29-19-10-17(14-25-13-16-6-7-24-12-16)9-18(11-19)21(28)27-22-26-20(15-30-22)23(2,3)4/h5,9-11,15-16,24-25H,1,6-8,12-14H2,2-4H3,(H,26,27,28). The summed E-state index contributed by atoms with van der Waals surface area (Å²) in [5, 5.41) is 12.4. The number of nitrogens with zero attached hydrogens (tertiary/aromatic N) is 1. The van der Waals surface area contributed by atoms with E-state index in [1.54, 1.807) is 12.1 Å². The van der Waals surface area contributed by atoms with Gasteiger partial charge in [-0.15, -0.1) is 11.3 Å². The van der Waals surface area contributed by atoms with E-state index in [0.717, 1.165) is 30.9 Å². The number of rotatable bonds is 9. The minimum Gasteiger partial charge on any atom is -0.490 e. The van der Waals surface area contributed by atoms with E-state index in [1.807, 2.05) is 17.5 Å². The van der Waals surface area contributed by atoms with E-state index < -0.39 is 0 Å². The number of thiazole rings is 1. The van der Waals surface area contributed by atoms with Gasteiger partial charge in [0.1, 0.15) is 12.4 Å². The van der Waals surface area contributed by atoms with Gasteiger partial charge in [-0.1, -0.05) is 33.4 Å². The largest absolute Gasteiger partial charge is 0.490 e. The van der Waals surface area contributed by atoms with Crippen LogP contribution in [-0.4, -0.2) is 37.1 Å². The van der Waals surface area contributed by atoms with Gasteiger partial charge in [0.2, 0.25) is 0 Å². The summed E-state index contributed by atoms with van der Waals surface area (Å²) in [6.45, 7) is 14.2. The first-order valence-electron chi connectivity index (χ1n) is 10.4. The molecule has 0 radical (unpaired) electrons. The maximum absolute atomic E-state index is 12.9. The van der Waals surface area contributed by atoms with Crippen LogP contribution in [-0.2, 0) is 12.0 Å². The van der Waals surface area contributed by atoms with Gasteiger partial charge >= 0.3 is 0 Å². The summed E-state index contributed by atoms with van der Waals surface area (Å²) in [5.74, 6) is 1.14. The lowest BCUT2D eigenvalue weighted by molar-refractivity contribution is 0.102. The highest BCUT2D eigenvalue weighted by Crippen LogP contribution is 2.27. The highest BCUT2D eigenvalue weighted by Gasteiger charge is 2.19. The molecule has 0 aliphatic carbocycles. The first-order chi connectivity index (χ1) is 14.3. The van der Waals surface area contributed by atoms with Crippen molar-refractivity contribution in [2.45, 2.75) is 39.2 Å². The van der Waals surface area contributed by atoms with Crippen molar-refractivity contribution in [3.63, 3.8) is 0 Å². The average Bonchev–Trinajstić information content (AvgIpc) is 3.38. The molecule has 3 rings (SSSR count). The Morgan fingerprint density at radius 1 is 1.40 bits per heavy atom. The quantitative estimate of drug-likeness (QED) is 0.527. The maximum atomic E-state index is 12.9. The van der Waals surface area contributed by atoms with E-state index in [2.05, 4.69) is 48.3 Å². The molecule has 1 aliphatic heterocycles. The number of carbonyl (C=O) groups excluding carboxylic acids is 1. The van der Waals surface area contributed by atoms with Crippen molar-refractivity contribution in [3.05, 3.63) is 53.1 Å².